The number of carbonyl (C=O) groups is 2. The van der Waals surface area contributed by atoms with Crippen LogP contribution in [-0.2, 0) is 4.74 Å². The fourth-order valence-corrected chi connectivity index (χ4v) is 1.50. The smallest absolute Gasteiger partial charge is 0.374 e. The monoisotopic (exact) mass is 244 g/mol. The van der Waals surface area contributed by atoms with Gasteiger partial charge in [0.25, 0.3) is 0 Å². The second kappa shape index (κ2) is 5.31. The third-order valence-electron chi connectivity index (χ3n) is 2.43. The van der Waals surface area contributed by atoms with Gasteiger partial charge in [-0.25, -0.2) is 4.79 Å². The summed E-state index contributed by atoms with van der Waals surface area (Å²) in [6, 6.07) is 11.8. The lowest BCUT2D eigenvalue weighted by atomic mass is 10.1. The molecule has 0 aliphatic carbocycles. The fraction of sp³-hybridized carbons (Fsp3) is 0.143. The van der Waals surface area contributed by atoms with E-state index in [4.69, 9.17) is 9.15 Å². The van der Waals surface area contributed by atoms with Crippen LogP contribution in [0.2, 0.25) is 0 Å². The van der Waals surface area contributed by atoms with Crippen molar-refractivity contribution in [2.24, 2.45) is 0 Å². The molecule has 0 amide bonds. The highest BCUT2D eigenvalue weighted by atomic mass is 16.6. The van der Waals surface area contributed by atoms with Crippen molar-refractivity contribution in [3.8, 4) is 0 Å². The van der Waals surface area contributed by atoms with E-state index in [0.717, 1.165) is 0 Å². The number of esters is 1. The Balaban J connectivity index is 2.02. The minimum absolute atomic E-state index is 0.0858. The lowest BCUT2D eigenvalue weighted by Gasteiger charge is -2.10. The molecule has 0 unspecified atom stereocenters. The average molecular weight is 244 g/mol. The number of Topliss-reactive ketones (excluding diaryl/α,β-unsaturated/α-hetero) is 1. The number of furan rings is 1. The minimum Gasteiger partial charge on any atom is -0.457 e. The summed E-state index contributed by atoms with van der Waals surface area (Å²) < 4.78 is 9.92. The molecule has 4 nitrogen and oxygen atoms in total. The van der Waals surface area contributed by atoms with Gasteiger partial charge in [-0.1, -0.05) is 30.3 Å². The van der Waals surface area contributed by atoms with Crippen molar-refractivity contribution in [3.63, 3.8) is 0 Å². The van der Waals surface area contributed by atoms with Gasteiger partial charge in [0.15, 0.2) is 6.10 Å². The first kappa shape index (κ1) is 12.1. The first-order chi connectivity index (χ1) is 8.68. The van der Waals surface area contributed by atoms with Crippen molar-refractivity contribution >= 4 is 11.8 Å². The summed E-state index contributed by atoms with van der Waals surface area (Å²) in [4.78, 5) is 23.5. The average Bonchev–Trinajstić information content (AvgIpc) is 2.92. The molecule has 1 aromatic heterocycles. The largest absolute Gasteiger partial charge is 0.457 e. The van der Waals surface area contributed by atoms with Crippen molar-refractivity contribution in [2.45, 2.75) is 13.0 Å². The number of rotatable bonds is 4. The lowest BCUT2D eigenvalue weighted by molar-refractivity contribution is 0.0289. The second-order valence-corrected chi connectivity index (χ2v) is 3.76. The maximum Gasteiger partial charge on any atom is 0.374 e. The molecular weight excluding hydrogens is 232 g/mol. The Bertz CT molecular complexity index is 528. The predicted molar refractivity (Wildman–Crippen MR) is 64.4 cm³/mol. The topological polar surface area (TPSA) is 56.5 Å². The Hall–Kier alpha value is -2.36. The number of ketones is 1. The van der Waals surface area contributed by atoms with E-state index in [9.17, 15) is 9.59 Å². The zero-order valence-corrected chi connectivity index (χ0v) is 9.83. The molecule has 18 heavy (non-hydrogen) atoms. The predicted octanol–water partition coefficient (Wildman–Crippen LogP) is 2.71. The van der Waals surface area contributed by atoms with Crippen LogP contribution in [-0.4, -0.2) is 17.9 Å². The van der Waals surface area contributed by atoms with Gasteiger partial charge in [0.1, 0.15) is 0 Å². The Labute approximate surface area is 104 Å². The third-order valence-corrected chi connectivity index (χ3v) is 2.43. The molecule has 2 aromatic rings. The Morgan fingerprint density at radius 3 is 2.44 bits per heavy atom. The highest BCUT2D eigenvalue weighted by molar-refractivity contribution is 6.00. The standard InChI is InChI=1S/C14H12O4/c1-10(13(15)11-6-3-2-4-7-11)18-14(16)12-8-5-9-17-12/h2-10H,1H3/t10-/m0/s1. The molecule has 1 heterocycles. The summed E-state index contributed by atoms with van der Waals surface area (Å²) in [7, 11) is 0. The maximum absolute atomic E-state index is 11.9. The highest BCUT2D eigenvalue weighted by Gasteiger charge is 2.21. The van der Waals surface area contributed by atoms with Crippen molar-refractivity contribution in [1.29, 1.82) is 0 Å². The van der Waals surface area contributed by atoms with E-state index in [1.807, 2.05) is 6.07 Å². The third kappa shape index (κ3) is 2.66. The van der Waals surface area contributed by atoms with Gasteiger partial charge in [0, 0.05) is 5.56 Å². The van der Waals surface area contributed by atoms with Gasteiger partial charge in [-0.3, -0.25) is 4.79 Å². The van der Waals surface area contributed by atoms with E-state index in [1.54, 1.807) is 30.3 Å². The molecule has 0 fully saturated rings. The summed E-state index contributed by atoms with van der Waals surface area (Å²) >= 11 is 0. The zero-order valence-electron chi connectivity index (χ0n) is 9.83. The number of ether oxygens (including phenoxy) is 1. The van der Waals surface area contributed by atoms with E-state index in [0.29, 0.717) is 5.56 Å². The van der Waals surface area contributed by atoms with Crippen LogP contribution in [0.25, 0.3) is 0 Å². The summed E-state index contributed by atoms with van der Waals surface area (Å²) in [5, 5.41) is 0. The Kier molecular flexibility index (Phi) is 3.57. The van der Waals surface area contributed by atoms with E-state index in [1.165, 1.54) is 19.3 Å². The second-order valence-electron chi connectivity index (χ2n) is 3.76. The van der Waals surface area contributed by atoms with Crippen LogP contribution in [0, 0.1) is 0 Å². The molecule has 0 radical (unpaired) electrons. The molecule has 0 bridgehead atoms. The SMILES string of the molecule is C[C@H](OC(=O)c1ccco1)C(=O)c1ccccc1. The van der Waals surface area contributed by atoms with Gasteiger partial charge in [0.2, 0.25) is 11.5 Å². The molecule has 0 aliphatic heterocycles. The van der Waals surface area contributed by atoms with Crippen LogP contribution in [0.5, 0.6) is 0 Å². The summed E-state index contributed by atoms with van der Waals surface area (Å²) in [5.74, 6) is -0.796. The Morgan fingerprint density at radius 2 is 1.83 bits per heavy atom. The quantitative estimate of drug-likeness (QED) is 0.613. The number of hydrogen-bond acceptors (Lipinski definition) is 4. The van der Waals surface area contributed by atoms with Crippen LogP contribution >= 0.6 is 0 Å². The van der Waals surface area contributed by atoms with E-state index in [-0.39, 0.29) is 11.5 Å². The van der Waals surface area contributed by atoms with Crippen LogP contribution in [0.4, 0.5) is 0 Å². The molecule has 0 aliphatic rings. The number of benzene rings is 1. The molecule has 4 heteroatoms. The molecule has 0 spiro atoms. The maximum atomic E-state index is 11.9. The normalized spacial score (nSPS) is 11.8. The van der Waals surface area contributed by atoms with Crippen molar-refractivity contribution in [3.05, 3.63) is 60.1 Å². The summed E-state index contributed by atoms with van der Waals surface area (Å²) in [5.41, 5.74) is 0.511. The minimum atomic E-state index is -0.843. The summed E-state index contributed by atoms with van der Waals surface area (Å²) in [6.07, 6.45) is 0.533. The van der Waals surface area contributed by atoms with E-state index < -0.39 is 12.1 Å². The lowest BCUT2D eigenvalue weighted by Crippen LogP contribution is -2.24. The molecule has 1 atom stereocenters. The van der Waals surface area contributed by atoms with Gasteiger partial charge in [0.05, 0.1) is 6.26 Å². The highest BCUT2D eigenvalue weighted by Crippen LogP contribution is 2.09. The fourth-order valence-electron chi connectivity index (χ4n) is 1.50. The van der Waals surface area contributed by atoms with Gasteiger partial charge >= 0.3 is 5.97 Å². The molecule has 0 N–H and O–H groups in total. The van der Waals surface area contributed by atoms with Crippen molar-refractivity contribution in [2.75, 3.05) is 0 Å². The van der Waals surface area contributed by atoms with Gasteiger partial charge in [-0.2, -0.15) is 0 Å². The molecule has 1 aromatic carbocycles. The molecule has 2 rings (SSSR count). The molecular formula is C14H12O4. The van der Waals surface area contributed by atoms with Gasteiger partial charge in [-0.05, 0) is 19.1 Å². The van der Waals surface area contributed by atoms with Gasteiger partial charge < -0.3 is 9.15 Å². The molecule has 0 saturated carbocycles. The van der Waals surface area contributed by atoms with Crippen LogP contribution in [0.3, 0.4) is 0 Å². The zero-order chi connectivity index (χ0) is 13.0. The Morgan fingerprint density at radius 1 is 1.11 bits per heavy atom. The molecule has 0 saturated heterocycles. The first-order valence-corrected chi connectivity index (χ1v) is 5.52. The molecule has 92 valence electrons. The van der Waals surface area contributed by atoms with Gasteiger partial charge in [-0.15, -0.1) is 0 Å². The van der Waals surface area contributed by atoms with Crippen molar-refractivity contribution < 1.29 is 18.7 Å². The van der Waals surface area contributed by atoms with Crippen LogP contribution in [0.15, 0.2) is 53.1 Å². The summed E-state index contributed by atoms with van der Waals surface area (Å²) in [6.45, 7) is 1.54. The number of hydrogen-bond donors (Lipinski definition) is 0. The van der Waals surface area contributed by atoms with E-state index >= 15 is 0 Å². The van der Waals surface area contributed by atoms with Crippen LogP contribution < -0.4 is 0 Å². The number of carbonyl (C=O) groups excluding carboxylic acids is 2. The van der Waals surface area contributed by atoms with E-state index in [2.05, 4.69) is 0 Å². The van der Waals surface area contributed by atoms with Crippen LogP contribution in [0.1, 0.15) is 27.8 Å². The first-order valence-electron chi connectivity index (χ1n) is 5.52. The van der Waals surface area contributed by atoms with Crippen molar-refractivity contribution in [1.82, 2.24) is 0 Å².